The second-order valence-electron chi connectivity index (χ2n) is 11.3. The van der Waals surface area contributed by atoms with Crippen molar-refractivity contribution in [2.24, 2.45) is 11.7 Å². The lowest BCUT2D eigenvalue weighted by atomic mass is 9.83. The molecule has 1 saturated heterocycles. The van der Waals surface area contributed by atoms with Crippen LogP contribution in [0.15, 0.2) is 48.8 Å². The minimum Gasteiger partial charge on any atom is -0.462 e. The second kappa shape index (κ2) is 14.1. The summed E-state index contributed by atoms with van der Waals surface area (Å²) in [5.41, 5.74) is 8.38. The van der Waals surface area contributed by atoms with Crippen molar-refractivity contribution in [3.05, 3.63) is 64.9 Å². The Bertz CT molecular complexity index is 1020. The molecule has 2 fully saturated rings. The van der Waals surface area contributed by atoms with E-state index < -0.39 is 11.5 Å². The molecule has 1 aromatic carbocycles. The van der Waals surface area contributed by atoms with Crippen LogP contribution in [0.3, 0.4) is 0 Å². The summed E-state index contributed by atoms with van der Waals surface area (Å²) in [4.78, 5) is 33.1. The maximum atomic E-state index is 13.9. The topological polar surface area (TPSA) is 85.5 Å². The number of likely N-dealkylation sites (tertiary alicyclic amines) is 1. The number of halogens is 1. The molecule has 2 atom stereocenters. The van der Waals surface area contributed by atoms with Crippen molar-refractivity contribution in [2.75, 3.05) is 13.1 Å². The number of ether oxygens (including phenoxy) is 1. The molecule has 2 N–H and O–H groups in total. The zero-order valence-corrected chi connectivity index (χ0v) is 23.2. The van der Waals surface area contributed by atoms with Gasteiger partial charge in [-0.05, 0) is 80.7 Å². The minimum atomic E-state index is -0.515. The van der Waals surface area contributed by atoms with Gasteiger partial charge >= 0.3 is 5.97 Å². The van der Waals surface area contributed by atoms with Crippen LogP contribution in [0.25, 0.3) is 0 Å². The summed E-state index contributed by atoms with van der Waals surface area (Å²) in [5.74, 6) is -0.791. The third-order valence-corrected chi connectivity index (χ3v) is 8.21. The molecule has 4 rings (SSSR count). The van der Waals surface area contributed by atoms with Gasteiger partial charge in [0.1, 0.15) is 6.10 Å². The fourth-order valence-electron chi connectivity index (χ4n) is 5.96. The monoisotopic (exact) mass is 539 g/mol. The first-order valence-electron chi connectivity index (χ1n) is 14.3. The molecule has 1 aromatic heterocycles. The van der Waals surface area contributed by atoms with Crippen molar-refractivity contribution >= 4 is 23.5 Å². The highest BCUT2D eigenvalue weighted by molar-refractivity contribution is 6.30. The third-order valence-electron chi connectivity index (χ3n) is 7.96. The van der Waals surface area contributed by atoms with E-state index in [1.54, 1.807) is 12.4 Å². The predicted octanol–water partition coefficient (Wildman–Crippen LogP) is 5.89. The number of nitrogens with zero attached hydrogens (tertiary/aromatic N) is 2. The van der Waals surface area contributed by atoms with E-state index in [0.29, 0.717) is 31.0 Å². The number of nitrogens with two attached hydrogens (primary N) is 1. The third kappa shape index (κ3) is 8.81. The number of benzene rings is 1. The maximum Gasteiger partial charge on any atom is 0.306 e. The molecule has 38 heavy (non-hydrogen) atoms. The van der Waals surface area contributed by atoms with Gasteiger partial charge in [0.25, 0.3) is 0 Å². The lowest BCUT2D eigenvalue weighted by Crippen LogP contribution is -2.58. The molecule has 1 aliphatic carbocycles. The van der Waals surface area contributed by atoms with Crippen LogP contribution in [-0.4, -0.2) is 46.5 Å². The van der Waals surface area contributed by atoms with Gasteiger partial charge in [-0.1, -0.05) is 55.5 Å². The SMILES string of the molecule is N[C@@]1(Cc2ccc(Cl)cc2)CCCN(C(=O)[C@@H](CC(=O)OC2CCCCCCCC2)Cc2cccnc2)C1. The van der Waals surface area contributed by atoms with E-state index in [0.717, 1.165) is 49.7 Å². The number of carbonyl (C=O) groups excluding carboxylic acids is 2. The first-order valence-corrected chi connectivity index (χ1v) is 14.7. The van der Waals surface area contributed by atoms with Crippen LogP contribution in [0.5, 0.6) is 0 Å². The number of hydrogen-bond acceptors (Lipinski definition) is 5. The predicted molar refractivity (Wildman–Crippen MR) is 151 cm³/mol. The fourth-order valence-corrected chi connectivity index (χ4v) is 6.08. The molecular formula is C31H42ClN3O3. The van der Waals surface area contributed by atoms with Crippen molar-refractivity contribution in [1.82, 2.24) is 9.88 Å². The molecule has 0 spiro atoms. The maximum absolute atomic E-state index is 13.9. The van der Waals surface area contributed by atoms with Gasteiger partial charge < -0.3 is 15.4 Å². The Morgan fingerprint density at radius 3 is 2.42 bits per heavy atom. The van der Waals surface area contributed by atoms with Gasteiger partial charge in [-0.2, -0.15) is 0 Å². The standard InChI is InChI=1S/C31H42ClN3O3/c32-27-14-12-24(13-15-27)21-31(33)16-8-18-35(23-31)30(37)26(19-25-9-7-17-34-22-25)20-29(36)38-28-10-5-3-1-2-4-6-11-28/h7,9,12-15,17,22,26,28H,1-6,8,10-11,16,18-21,23,33H2/t26-,31-/m1/s1. The molecule has 1 amide bonds. The average molecular weight is 540 g/mol. The van der Waals surface area contributed by atoms with E-state index in [2.05, 4.69) is 4.98 Å². The molecule has 0 radical (unpaired) electrons. The molecule has 1 saturated carbocycles. The summed E-state index contributed by atoms with van der Waals surface area (Å²) in [6.07, 6.45) is 15.3. The highest BCUT2D eigenvalue weighted by Crippen LogP contribution is 2.27. The van der Waals surface area contributed by atoms with Crippen LogP contribution in [-0.2, 0) is 27.2 Å². The Balaban J connectivity index is 1.43. The Kier molecular flexibility index (Phi) is 10.6. The van der Waals surface area contributed by atoms with Crippen molar-refractivity contribution in [3.8, 4) is 0 Å². The number of amides is 1. The normalized spacial score (nSPS) is 22.1. The minimum absolute atomic E-state index is 0.0223. The van der Waals surface area contributed by atoms with Gasteiger partial charge in [-0.15, -0.1) is 0 Å². The molecule has 2 aromatic rings. The Morgan fingerprint density at radius 2 is 1.74 bits per heavy atom. The van der Waals surface area contributed by atoms with Crippen LogP contribution < -0.4 is 5.73 Å². The van der Waals surface area contributed by atoms with Crippen molar-refractivity contribution in [1.29, 1.82) is 0 Å². The van der Waals surface area contributed by atoms with Crippen molar-refractivity contribution in [3.63, 3.8) is 0 Å². The number of carbonyl (C=O) groups is 2. The smallest absolute Gasteiger partial charge is 0.306 e. The van der Waals surface area contributed by atoms with E-state index in [1.807, 2.05) is 41.3 Å². The largest absolute Gasteiger partial charge is 0.462 e. The quantitative estimate of drug-likeness (QED) is 0.422. The number of esters is 1. The Morgan fingerprint density at radius 1 is 1.03 bits per heavy atom. The molecule has 0 bridgehead atoms. The first kappa shape index (κ1) is 28.6. The summed E-state index contributed by atoms with van der Waals surface area (Å²) < 4.78 is 5.96. The number of pyridine rings is 1. The Hall–Kier alpha value is -2.44. The molecule has 206 valence electrons. The van der Waals surface area contributed by atoms with Crippen LogP contribution in [0.2, 0.25) is 5.02 Å². The number of piperidine rings is 1. The van der Waals surface area contributed by atoms with E-state index in [-0.39, 0.29) is 24.4 Å². The van der Waals surface area contributed by atoms with E-state index in [4.69, 9.17) is 22.1 Å². The molecule has 0 unspecified atom stereocenters. The van der Waals surface area contributed by atoms with E-state index >= 15 is 0 Å². The van der Waals surface area contributed by atoms with Crippen LogP contribution in [0.4, 0.5) is 0 Å². The summed E-state index contributed by atoms with van der Waals surface area (Å²) in [7, 11) is 0. The molecule has 2 aliphatic rings. The molecule has 2 heterocycles. The lowest BCUT2D eigenvalue weighted by Gasteiger charge is -2.41. The zero-order valence-electron chi connectivity index (χ0n) is 22.5. The Labute approximate surface area is 232 Å². The molecular weight excluding hydrogens is 498 g/mol. The van der Waals surface area contributed by atoms with Crippen LogP contribution in [0, 0.1) is 5.92 Å². The van der Waals surface area contributed by atoms with Crippen LogP contribution >= 0.6 is 11.6 Å². The fraction of sp³-hybridized carbons (Fsp3) is 0.581. The van der Waals surface area contributed by atoms with Crippen molar-refractivity contribution < 1.29 is 14.3 Å². The van der Waals surface area contributed by atoms with Gasteiger partial charge in [0.05, 0.1) is 12.3 Å². The summed E-state index contributed by atoms with van der Waals surface area (Å²) in [6.45, 7) is 1.12. The van der Waals surface area contributed by atoms with Gasteiger partial charge in [0.2, 0.25) is 5.91 Å². The van der Waals surface area contributed by atoms with Gasteiger partial charge in [-0.3, -0.25) is 14.6 Å². The summed E-state index contributed by atoms with van der Waals surface area (Å²) in [5, 5.41) is 0.695. The molecule has 1 aliphatic heterocycles. The van der Waals surface area contributed by atoms with E-state index in [1.165, 1.54) is 25.7 Å². The van der Waals surface area contributed by atoms with Gasteiger partial charge in [0, 0.05) is 36.0 Å². The van der Waals surface area contributed by atoms with Gasteiger partial charge in [-0.25, -0.2) is 0 Å². The second-order valence-corrected chi connectivity index (χ2v) is 11.7. The average Bonchev–Trinajstić information content (AvgIpc) is 3.04. The van der Waals surface area contributed by atoms with Crippen LogP contribution in [0.1, 0.15) is 81.8 Å². The number of aromatic nitrogens is 1. The lowest BCUT2D eigenvalue weighted by molar-refractivity contribution is -0.154. The van der Waals surface area contributed by atoms with E-state index in [9.17, 15) is 9.59 Å². The molecule has 7 heteroatoms. The van der Waals surface area contributed by atoms with Gasteiger partial charge in [0.15, 0.2) is 0 Å². The highest BCUT2D eigenvalue weighted by Gasteiger charge is 2.37. The first-order chi connectivity index (χ1) is 18.4. The number of hydrogen-bond donors (Lipinski definition) is 1. The summed E-state index contributed by atoms with van der Waals surface area (Å²) >= 11 is 6.05. The highest BCUT2D eigenvalue weighted by atomic mass is 35.5. The summed E-state index contributed by atoms with van der Waals surface area (Å²) in [6, 6.07) is 11.6. The molecule has 6 nitrogen and oxygen atoms in total. The zero-order chi connectivity index (χ0) is 26.8. The number of rotatable bonds is 8. The van der Waals surface area contributed by atoms with Crippen molar-refractivity contribution in [2.45, 2.75) is 95.1 Å².